The van der Waals surface area contributed by atoms with Gasteiger partial charge < -0.3 is 4.90 Å². The molecule has 4 heterocycles. The summed E-state index contributed by atoms with van der Waals surface area (Å²) in [6, 6.07) is 5.92. The first kappa shape index (κ1) is 19.3. The molecule has 2 aromatic rings. The second-order valence-electron chi connectivity index (χ2n) is 8.27. The number of rotatable bonds is 3. The van der Waals surface area contributed by atoms with Crippen LogP contribution in [-0.2, 0) is 31.4 Å². The highest BCUT2D eigenvalue weighted by atomic mass is 19.4. The third-order valence-corrected chi connectivity index (χ3v) is 6.25. The number of aryl methyl sites for hydroxylation is 1. The first-order valence-corrected chi connectivity index (χ1v) is 10.0. The molecule has 1 fully saturated rings. The highest BCUT2D eigenvalue weighted by molar-refractivity contribution is 6.14. The average Bonchev–Trinajstić information content (AvgIpc) is 3.38. The van der Waals surface area contributed by atoms with Gasteiger partial charge in [0.2, 0.25) is 5.91 Å². The lowest BCUT2D eigenvalue weighted by atomic mass is 9.91. The van der Waals surface area contributed by atoms with Gasteiger partial charge in [0.25, 0.3) is 0 Å². The molecular formula is C21H22F3N5O. The van der Waals surface area contributed by atoms with E-state index in [2.05, 4.69) is 22.2 Å². The van der Waals surface area contributed by atoms with E-state index < -0.39 is 12.7 Å². The van der Waals surface area contributed by atoms with E-state index in [0.717, 1.165) is 33.7 Å². The van der Waals surface area contributed by atoms with Crippen LogP contribution in [0, 0.1) is 0 Å². The summed E-state index contributed by atoms with van der Waals surface area (Å²) in [6.45, 7) is 0.733. The summed E-state index contributed by atoms with van der Waals surface area (Å²) in [5, 5.41) is 4.23. The number of carbonyl (C=O) groups is 1. The zero-order valence-electron chi connectivity index (χ0n) is 16.6. The summed E-state index contributed by atoms with van der Waals surface area (Å²) >= 11 is 0. The van der Waals surface area contributed by atoms with Gasteiger partial charge in [-0.1, -0.05) is 6.07 Å². The fourth-order valence-corrected chi connectivity index (χ4v) is 4.81. The largest absolute Gasteiger partial charge is 0.401 e. The molecule has 0 bridgehead atoms. The van der Waals surface area contributed by atoms with Crippen LogP contribution in [0.1, 0.15) is 34.4 Å². The minimum atomic E-state index is -4.21. The molecule has 9 heteroatoms. The number of halogens is 3. The fourth-order valence-electron chi connectivity index (χ4n) is 4.81. The van der Waals surface area contributed by atoms with Gasteiger partial charge in [0.15, 0.2) is 0 Å². The first-order chi connectivity index (χ1) is 14.3. The monoisotopic (exact) mass is 417 g/mol. The summed E-state index contributed by atoms with van der Waals surface area (Å²) in [4.78, 5) is 20.6. The summed E-state index contributed by atoms with van der Waals surface area (Å²) in [6.07, 6.45) is -1.61. The summed E-state index contributed by atoms with van der Waals surface area (Å²) in [5.74, 6) is -0.00733. The molecule has 5 rings (SSSR count). The molecule has 0 N–H and O–H groups in total. The highest BCUT2D eigenvalue weighted by Crippen LogP contribution is 2.32. The molecule has 0 unspecified atom stereocenters. The van der Waals surface area contributed by atoms with Crippen molar-refractivity contribution >= 4 is 11.6 Å². The van der Waals surface area contributed by atoms with Crippen LogP contribution >= 0.6 is 0 Å². The Morgan fingerprint density at radius 1 is 1.20 bits per heavy atom. The molecule has 30 heavy (non-hydrogen) atoms. The lowest BCUT2D eigenvalue weighted by Crippen LogP contribution is -2.45. The number of benzene rings is 1. The van der Waals surface area contributed by atoms with E-state index in [1.807, 2.05) is 13.1 Å². The molecule has 1 saturated heterocycles. The number of nitrogens with zero attached hydrogens (tertiary/aromatic N) is 5. The Morgan fingerprint density at radius 2 is 2.03 bits per heavy atom. The first-order valence-electron chi connectivity index (χ1n) is 10.0. The van der Waals surface area contributed by atoms with E-state index in [1.165, 1.54) is 4.90 Å². The smallest absolute Gasteiger partial charge is 0.334 e. The number of amides is 1. The molecule has 1 atom stereocenters. The summed E-state index contributed by atoms with van der Waals surface area (Å²) < 4.78 is 39.9. The van der Waals surface area contributed by atoms with E-state index in [9.17, 15) is 18.0 Å². The van der Waals surface area contributed by atoms with Crippen molar-refractivity contribution in [3.8, 4) is 0 Å². The van der Waals surface area contributed by atoms with Crippen LogP contribution in [0.3, 0.4) is 0 Å². The minimum Gasteiger partial charge on any atom is -0.334 e. The standard InChI is InChI=1S/C21H22F3N5O/c1-27-18(2-4-26-27)20-17-7-15-10-29(16-3-5-28(11-16)12-21(22,23)24)19(30)8-13(15)6-14(17)9-25-20/h2,4,6-7,16H,3,5,8-12H2,1H3/t16-/m1/s1. The topological polar surface area (TPSA) is 53.7 Å². The van der Waals surface area contributed by atoms with Crippen LogP contribution in [-0.4, -0.2) is 63.1 Å². The molecule has 0 aliphatic carbocycles. The molecule has 0 radical (unpaired) electrons. The van der Waals surface area contributed by atoms with Gasteiger partial charge in [-0.25, -0.2) is 0 Å². The Morgan fingerprint density at radius 3 is 2.77 bits per heavy atom. The molecule has 158 valence electrons. The van der Waals surface area contributed by atoms with Gasteiger partial charge in [-0.3, -0.25) is 19.4 Å². The molecule has 3 aliphatic rings. The number of hydrogen-bond acceptors (Lipinski definition) is 4. The van der Waals surface area contributed by atoms with Crippen molar-refractivity contribution in [2.75, 3.05) is 19.6 Å². The molecular weight excluding hydrogens is 395 g/mol. The molecule has 1 aromatic heterocycles. The Balaban J connectivity index is 1.38. The van der Waals surface area contributed by atoms with E-state index in [1.54, 1.807) is 15.8 Å². The van der Waals surface area contributed by atoms with Gasteiger partial charge in [0, 0.05) is 44.5 Å². The molecule has 1 amide bonds. The second-order valence-corrected chi connectivity index (χ2v) is 8.27. The normalized spacial score (nSPS) is 21.7. The maximum Gasteiger partial charge on any atom is 0.401 e. The summed E-state index contributed by atoms with van der Waals surface area (Å²) in [7, 11) is 1.88. The van der Waals surface area contributed by atoms with Crippen LogP contribution in [0.5, 0.6) is 0 Å². The zero-order chi connectivity index (χ0) is 21.0. The Kier molecular flexibility index (Phi) is 4.46. The zero-order valence-corrected chi connectivity index (χ0v) is 16.6. The van der Waals surface area contributed by atoms with Crippen molar-refractivity contribution in [2.24, 2.45) is 12.0 Å². The molecule has 0 spiro atoms. The SMILES string of the molecule is Cn1nccc1C1=NCc2cc3c(cc21)CN([C@@H]1CCN(CC(F)(F)F)C1)C(=O)C3. The third kappa shape index (κ3) is 3.40. The predicted molar refractivity (Wildman–Crippen MR) is 104 cm³/mol. The third-order valence-electron chi connectivity index (χ3n) is 6.25. The quantitative estimate of drug-likeness (QED) is 0.770. The van der Waals surface area contributed by atoms with E-state index in [-0.39, 0.29) is 18.5 Å². The van der Waals surface area contributed by atoms with E-state index >= 15 is 0 Å². The van der Waals surface area contributed by atoms with Crippen molar-refractivity contribution in [3.05, 3.63) is 52.3 Å². The maximum atomic E-state index is 12.8. The van der Waals surface area contributed by atoms with Crippen molar-refractivity contribution in [1.82, 2.24) is 19.6 Å². The predicted octanol–water partition coefficient (Wildman–Crippen LogP) is 2.29. The van der Waals surface area contributed by atoms with Crippen LogP contribution in [0.4, 0.5) is 13.2 Å². The maximum absolute atomic E-state index is 12.8. The van der Waals surface area contributed by atoms with Crippen LogP contribution < -0.4 is 0 Å². The van der Waals surface area contributed by atoms with Crippen LogP contribution in [0.25, 0.3) is 0 Å². The van der Waals surface area contributed by atoms with Crippen molar-refractivity contribution in [2.45, 2.75) is 38.1 Å². The number of likely N-dealkylation sites (tertiary alicyclic amines) is 1. The number of alkyl halides is 3. The molecule has 3 aliphatic heterocycles. The van der Waals surface area contributed by atoms with Crippen molar-refractivity contribution < 1.29 is 18.0 Å². The van der Waals surface area contributed by atoms with Crippen molar-refractivity contribution in [3.63, 3.8) is 0 Å². The van der Waals surface area contributed by atoms with Gasteiger partial charge in [-0.05, 0) is 35.2 Å². The lowest BCUT2D eigenvalue weighted by Gasteiger charge is -2.34. The second kappa shape index (κ2) is 6.94. The highest BCUT2D eigenvalue weighted by Gasteiger charge is 2.38. The van der Waals surface area contributed by atoms with Gasteiger partial charge in [-0.2, -0.15) is 18.3 Å². The Hall–Kier alpha value is -2.68. The van der Waals surface area contributed by atoms with Crippen LogP contribution in [0.15, 0.2) is 29.4 Å². The Bertz CT molecular complexity index is 1040. The average molecular weight is 417 g/mol. The summed E-state index contributed by atoms with van der Waals surface area (Å²) in [5.41, 5.74) is 6.05. The number of aliphatic imine (C=N–C) groups is 1. The fraction of sp³-hybridized carbons (Fsp3) is 0.476. The van der Waals surface area contributed by atoms with Gasteiger partial charge in [0.1, 0.15) is 0 Å². The van der Waals surface area contributed by atoms with Crippen molar-refractivity contribution in [1.29, 1.82) is 0 Å². The Labute approximate surface area is 172 Å². The van der Waals surface area contributed by atoms with Crippen LogP contribution in [0.2, 0.25) is 0 Å². The molecule has 6 nitrogen and oxygen atoms in total. The van der Waals surface area contributed by atoms with E-state index in [4.69, 9.17) is 0 Å². The molecule has 0 saturated carbocycles. The van der Waals surface area contributed by atoms with Gasteiger partial charge >= 0.3 is 6.18 Å². The number of aromatic nitrogens is 2. The molecule has 1 aromatic carbocycles. The minimum absolute atomic E-state index is 0.00733. The number of carbonyl (C=O) groups excluding carboxylic acids is 1. The number of fused-ring (bicyclic) bond motifs is 2. The van der Waals surface area contributed by atoms with E-state index in [0.29, 0.717) is 32.5 Å². The lowest BCUT2D eigenvalue weighted by molar-refractivity contribution is -0.144. The van der Waals surface area contributed by atoms with Gasteiger partial charge in [0.05, 0.1) is 30.9 Å². The number of hydrogen-bond donors (Lipinski definition) is 0. The van der Waals surface area contributed by atoms with Gasteiger partial charge in [-0.15, -0.1) is 0 Å².